The van der Waals surface area contributed by atoms with Crippen molar-refractivity contribution in [2.45, 2.75) is 24.7 Å². The maximum atomic E-state index is 12.2. The molecule has 1 atom stereocenters. The quantitative estimate of drug-likeness (QED) is 0.769. The normalized spacial score (nSPS) is 22.6. The Balaban J connectivity index is 2.53. The summed E-state index contributed by atoms with van der Waals surface area (Å²) in [4.78, 5) is 2.54. The summed E-state index contributed by atoms with van der Waals surface area (Å²) in [6.45, 7) is 2.01. The van der Waals surface area contributed by atoms with Crippen molar-refractivity contribution >= 4 is 15.5 Å². The second-order valence-electron chi connectivity index (χ2n) is 5.11. The Bertz CT molecular complexity index is 520. The first-order valence-electron chi connectivity index (χ1n) is 5.93. The number of nitrogens with zero attached hydrogens (tertiary/aromatic N) is 1. The average Bonchev–Trinajstić information content (AvgIpc) is 2.35. The monoisotopic (exact) mass is 253 g/mol. The lowest BCUT2D eigenvalue weighted by molar-refractivity contribution is 0.562. The molecule has 0 fully saturated rings. The molecule has 1 aromatic rings. The summed E-state index contributed by atoms with van der Waals surface area (Å²) < 4.78 is 24.3. The molecule has 2 rings (SSSR count). The van der Waals surface area contributed by atoms with Crippen LogP contribution in [-0.4, -0.2) is 28.3 Å². The van der Waals surface area contributed by atoms with Gasteiger partial charge in [-0.25, -0.2) is 8.42 Å². The molecular weight excluding hydrogens is 234 g/mol. The van der Waals surface area contributed by atoms with Crippen LogP contribution in [0.5, 0.6) is 0 Å². The van der Waals surface area contributed by atoms with Gasteiger partial charge in [-0.05, 0) is 42.5 Å². The molecule has 0 radical (unpaired) electrons. The molecular formula is C13H19NO2S. The summed E-state index contributed by atoms with van der Waals surface area (Å²) in [6, 6.07) is 5.65. The topological polar surface area (TPSA) is 37.4 Å². The van der Waals surface area contributed by atoms with Crippen LogP contribution < -0.4 is 4.90 Å². The van der Waals surface area contributed by atoms with Gasteiger partial charge in [-0.15, -0.1) is 0 Å². The highest BCUT2D eigenvalue weighted by Crippen LogP contribution is 2.29. The van der Waals surface area contributed by atoms with E-state index in [0.29, 0.717) is 4.90 Å². The summed E-state index contributed by atoms with van der Waals surface area (Å²) in [5, 5.41) is 0. The first-order valence-corrected chi connectivity index (χ1v) is 7.58. The molecule has 4 heteroatoms. The van der Waals surface area contributed by atoms with Crippen molar-refractivity contribution in [3.63, 3.8) is 0 Å². The zero-order chi connectivity index (χ0) is 12.6. The van der Waals surface area contributed by atoms with E-state index in [2.05, 4.69) is 0 Å². The van der Waals surface area contributed by atoms with Crippen LogP contribution in [0, 0.1) is 5.92 Å². The minimum absolute atomic E-state index is 0.246. The van der Waals surface area contributed by atoms with Crippen LogP contribution in [0.1, 0.15) is 18.9 Å². The maximum Gasteiger partial charge on any atom is 0.178 e. The molecule has 0 spiro atoms. The predicted molar refractivity (Wildman–Crippen MR) is 70.3 cm³/mol. The van der Waals surface area contributed by atoms with E-state index in [1.807, 2.05) is 38.1 Å². The predicted octanol–water partition coefficient (Wildman–Crippen LogP) is 2.11. The Morgan fingerprint density at radius 1 is 1.29 bits per heavy atom. The van der Waals surface area contributed by atoms with E-state index in [-0.39, 0.29) is 11.7 Å². The third kappa shape index (κ3) is 2.46. The van der Waals surface area contributed by atoms with Crippen LogP contribution in [-0.2, 0) is 16.3 Å². The first kappa shape index (κ1) is 12.4. The summed E-state index contributed by atoms with van der Waals surface area (Å²) in [5.41, 5.74) is 2.04. The molecule has 1 aliphatic heterocycles. The molecule has 17 heavy (non-hydrogen) atoms. The third-order valence-corrected chi connectivity index (χ3v) is 5.38. The summed E-state index contributed by atoms with van der Waals surface area (Å²) in [6.07, 6.45) is 1.81. The van der Waals surface area contributed by atoms with Crippen LogP contribution in [0.2, 0.25) is 0 Å². The smallest absolute Gasteiger partial charge is 0.178 e. The lowest BCUT2D eigenvalue weighted by atomic mass is 10.0. The van der Waals surface area contributed by atoms with Crippen LogP contribution in [0.25, 0.3) is 0 Å². The number of sulfone groups is 1. The van der Waals surface area contributed by atoms with Crippen LogP contribution in [0.15, 0.2) is 23.1 Å². The summed E-state index contributed by atoms with van der Waals surface area (Å²) in [5.74, 6) is 0.525. The van der Waals surface area contributed by atoms with E-state index >= 15 is 0 Å². The lowest BCUT2D eigenvalue weighted by Gasteiger charge is -2.15. The Hall–Kier alpha value is -1.03. The van der Waals surface area contributed by atoms with Gasteiger partial charge in [0, 0.05) is 19.8 Å². The summed E-state index contributed by atoms with van der Waals surface area (Å²) >= 11 is 0. The maximum absolute atomic E-state index is 12.2. The number of aryl methyl sites for hydroxylation is 1. The van der Waals surface area contributed by atoms with Gasteiger partial charge in [-0.2, -0.15) is 0 Å². The highest BCUT2D eigenvalue weighted by atomic mass is 32.2. The van der Waals surface area contributed by atoms with Gasteiger partial charge >= 0.3 is 0 Å². The van der Waals surface area contributed by atoms with Crippen molar-refractivity contribution in [3.05, 3.63) is 23.8 Å². The largest absolute Gasteiger partial charge is 0.378 e. The van der Waals surface area contributed by atoms with Crippen LogP contribution >= 0.6 is 0 Å². The SMILES string of the molecule is C[C@H]1CCc2cc(N(C)C)ccc2S(=O)(=O)C1. The number of fused-ring (bicyclic) bond motifs is 1. The van der Waals surface area contributed by atoms with E-state index in [0.717, 1.165) is 24.1 Å². The first-order chi connectivity index (χ1) is 7.90. The van der Waals surface area contributed by atoms with Crippen molar-refractivity contribution in [2.24, 2.45) is 5.92 Å². The molecule has 1 heterocycles. The van der Waals surface area contributed by atoms with E-state index in [9.17, 15) is 8.42 Å². The molecule has 1 aromatic carbocycles. The fraction of sp³-hybridized carbons (Fsp3) is 0.538. The Kier molecular flexibility index (Phi) is 3.17. The molecule has 0 aromatic heterocycles. The summed E-state index contributed by atoms with van der Waals surface area (Å²) in [7, 11) is 0.847. The molecule has 0 aliphatic carbocycles. The third-order valence-electron chi connectivity index (χ3n) is 3.31. The van der Waals surface area contributed by atoms with Crippen molar-refractivity contribution in [3.8, 4) is 0 Å². The van der Waals surface area contributed by atoms with E-state index < -0.39 is 9.84 Å². The molecule has 1 aliphatic rings. The van der Waals surface area contributed by atoms with Crippen molar-refractivity contribution < 1.29 is 8.42 Å². The van der Waals surface area contributed by atoms with Gasteiger partial charge in [0.15, 0.2) is 9.84 Å². The molecule has 3 nitrogen and oxygen atoms in total. The number of benzene rings is 1. The van der Waals surface area contributed by atoms with Gasteiger partial charge in [-0.1, -0.05) is 6.92 Å². The van der Waals surface area contributed by atoms with Gasteiger partial charge in [0.2, 0.25) is 0 Å². The second kappa shape index (κ2) is 4.33. The molecule has 94 valence electrons. The minimum Gasteiger partial charge on any atom is -0.378 e. The molecule has 0 unspecified atom stereocenters. The highest BCUT2D eigenvalue weighted by molar-refractivity contribution is 7.91. The fourth-order valence-corrected chi connectivity index (χ4v) is 4.22. The van der Waals surface area contributed by atoms with Gasteiger partial charge in [-0.3, -0.25) is 0 Å². The molecule has 0 saturated heterocycles. The zero-order valence-corrected chi connectivity index (χ0v) is 11.4. The van der Waals surface area contributed by atoms with Crippen molar-refractivity contribution in [1.82, 2.24) is 0 Å². The van der Waals surface area contributed by atoms with Crippen LogP contribution in [0.3, 0.4) is 0 Å². The Morgan fingerprint density at radius 3 is 2.65 bits per heavy atom. The average molecular weight is 253 g/mol. The number of hydrogen-bond donors (Lipinski definition) is 0. The van der Waals surface area contributed by atoms with Crippen molar-refractivity contribution in [2.75, 3.05) is 24.7 Å². The molecule has 0 N–H and O–H groups in total. The zero-order valence-electron chi connectivity index (χ0n) is 10.6. The Labute approximate surface area is 103 Å². The van der Waals surface area contributed by atoms with E-state index in [4.69, 9.17) is 0 Å². The van der Waals surface area contributed by atoms with Gasteiger partial charge < -0.3 is 4.90 Å². The Morgan fingerprint density at radius 2 is 2.00 bits per heavy atom. The van der Waals surface area contributed by atoms with E-state index in [1.54, 1.807) is 6.07 Å². The lowest BCUT2D eigenvalue weighted by Crippen LogP contribution is -2.13. The van der Waals surface area contributed by atoms with E-state index in [1.165, 1.54) is 0 Å². The number of hydrogen-bond acceptors (Lipinski definition) is 3. The second-order valence-corrected chi connectivity index (χ2v) is 7.11. The van der Waals surface area contributed by atoms with Crippen LogP contribution in [0.4, 0.5) is 5.69 Å². The van der Waals surface area contributed by atoms with Crippen molar-refractivity contribution in [1.29, 1.82) is 0 Å². The molecule has 0 saturated carbocycles. The fourth-order valence-electron chi connectivity index (χ4n) is 2.29. The van der Waals surface area contributed by atoms with Gasteiger partial charge in [0.25, 0.3) is 0 Å². The number of rotatable bonds is 1. The highest BCUT2D eigenvalue weighted by Gasteiger charge is 2.25. The molecule has 0 bridgehead atoms. The van der Waals surface area contributed by atoms with Gasteiger partial charge in [0.1, 0.15) is 0 Å². The minimum atomic E-state index is -3.09. The molecule has 0 amide bonds. The van der Waals surface area contributed by atoms with Gasteiger partial charge in [0.05, 0.1) is 10.6 Å². The standard InChI is InChI=1S/C13H19NO2S/c1-10-4-5-11-8-12(14(2)3)6-7-13(11)17(15,16)9-10/h6-8,10H,4-5,9H2,1-3H3/t10-/m0/s1. The number of anilines is 1.